The van der Waals surface area contributed by atoms with Gasteiger partial charge >= 0.3 is 12.3 Å². The first kappa shape index (κ1) is 19.6. The summed E-state index contributed by atoms with van der Waals surface area (Å²) in [5.41, 5.74) is 0. The standard InChI is InChI=1S/C20H18O7/c1-3-13-23-19(21)26-17-9-5-15(6-10-17)25-16-7-11-18(12-8-16)27-20(22)24-14-4-2/h3-12H,1-2,13-14H2. The van der Waals surface area contributed by atoms with Crippen molar-refractivity contribution in [2.75, 3.05) is 13.2 Å². The highest BCUT2D eigenvalue weighted by Crippen LogP contribution is 2.26. The normalized spacial score (nSPS) is 9.63. The third kappa shape index (κ3) is 6.95. The molecule has 0 atom stereocenters. The highest BCUT2D eigenvalue weighted by Gasteiger charge is 2.07. The Morgan fingerprint density at radius 3 is 1.33 bits per heavy atom. The molecule has 0 saturated carbocycles. The van der Waals surface area contributed by atoms with Gasteiger partial charge in [0.2, 0.25) is 0 Å². The molecule has 0 aliphatic carbocycles. The lowest BCUT2D eigenvalue weighted by Gasteiger charge is -2.08. The summed E-state index contributed by atoms with van der Waals surface area (Å²) in [7, 11) is 0. The van der Waals surface area contributed by atoms with E-state index in [0.29, 0.717) is 23.0 Å². The Morgan fingerprint density at radius 2 is 1.00 bits per heavy atom. The minimum Gasteiger partial charge on any atom is -0.457 e. The minimum absolute atomic E-state index is 0.0751. The van der Waals surface area contributed by atoms with Crippen LogP contribution in [-0.2, 0) is 9.47 Å². The second-order valence-corrected chi connectivity index (χ2v) is 4.95. The lowest BCUT2D eigenvalue weighted by molar-refractivity contribution is 0.108. The molecule has 0 aliphatic heterocycles. The number of hydrogen-bond donors (Lipinski definition) is 0. The van der Waals surface area contributed by atoms with Crippen LogP contribution in [0.5, 0.6) is 23.0 Å². The third-order valence-corrected chi connectivity index (χ3v) is 2.92. The fourth-order valence-electron chi connectivity index (χ4n) is 1.79. The Morgan fingerprint density at radius 1 is 0.667 bits per heavy atom. The Balaban J connectivity index is 1.87. The van der Waals surface area contributed by atoms with Gasteiger partial charge in [-0.2, -0.15) is 0 Å². The van der Waals surface area contributed by atoms with Crippen LogP contribution >= 0.6 is 0 Å². The average Bonchev–Trinajstić information content (AvgIpc) is 2.68. The molecular formula is C20H18O7. The Hall–Kier alpha value is -3.74. The summed E-state index contributed by atoms with van der Waals surface area (Å²) in [5, 5.41) is 0. The first-order valence-electron chi connectivity index (χ1n) is 7.89. The van der Waals surface area contributed by atoms with Crippen LogP contribution in [0.15, 0.2) is 73.8 Å². The summed E-state index contributed by atoms with van der Waals surface area (Å²) in [4.78, 5) is 22.7. The molecule has 0 aliphatic rings. The number of rotatable bonds is 8. The lowest BCUT2D eigenvalue weighted by atomic mass is 10.3. The van der Waals surface area contributed by atoms with Gasteiger partial charge in [0.15, 0.2) is 0 Å². The van der Waals surface area contributed by atoms with E-state index < -0.39 is 12.3 Å². The van der Waals surface area contributed by atoms with Gasteiger partial charge in [0.1, 0.15) is 36.2 Å². The summed E-state index contributed by atoms with van der Waals surface area (Å²) < 4.78 is 25.0. The van der Waals surface area contributed by atoms with Crippen molar-refractivity contribution in [1.82, 2.24) is 0 Å². The van der Waals surface area contributed by atoms with Crippen LogP contribution in [0, 0.1) is 0 Å². The Bertz CT molecular complexity index is 711. The second kappa shape index (κ2) is 10.3. The van der Waals surface area contributed by atoms with Gasteiger partial charge in [0, 0.05) is 0 Å². The molecule has 2 rings (SSSR count). The summed E-state index contributed by atoms with van der Waals surface area (Å²) in [6.07, 6.45) is 1.26. The van der Waals surface area contributed by atoms with Gasteiger partial charge in [-0.15, -0.1) is 0 Å². The van der Waals surface area contributed by atoms with E-state index >= 15 is 0 Å². The second-order valence-electron chi connectivity index (χ2n) is 4.95. The molecule has 0 amide bonds. The first-order valence-corrected chi connectivity index (χ1v) is 7.89. The SMILES string of the molecule is C=CCOC(=O)Oc1ccc(Oc2ccc(OC(=O)OCC=C)cc2)cc1. The molecule has 0 unspecified atom stereocenters. The zero-order chi connectivity index (χ0) is 19.5. The van der Waals surface area contributed by atoms with Gasteiger partial charge in [0.05, 0.1) is 0 Å². The number of carbonyl (C=O) groups excluding carboxylic acids is 2. The predicted molar refractivity (Wildman–Crippen MR) is 97.3 cm³/mol. The van der Waals surface area contributed by atoms with E-state index in [1.807, 2.05) is 0 Å². The molecule has 2 aromatic rings. The van der Waals surface area contributed by atoms with Crippen LogP contribution in [-0.4, -0.2) is 25.5 Å². The van der Waals surface area contributed by atoms with Crippen molar-refractivity contribution in [2.24, 2.45) is 0 Å². The van der Waals surface area contributed by atoms with Gasteiger partial charge < -0.3 is 23.7 Å². The van der Waals surface area contributed by atoms with Crippen molar-refractivity contribution in [3.8, 4) is 23.0 Å². The molecule has 7 heteroatoms. The van der Waals surface area contributed by atoms with E-state index in [9.17, 15) is 9.59 Å². The molecule has 0 radical (unpaired) electrons. The van der Waals surface area contributed by atoms with E-state index in [1.165, 1.54) is 12.2 Å². The summed E-state index contributed by atoms with van der Waals surface area (Å²) in [5.74, 6) is 1.69. The first-order chi connectivity index (χ1) is 13.1. The van der Waals surface area contributed by atoms with Crippen molar-refractivity contribution in [3.63, 3.8) is 0 Å². The molecule has 0 spiro atoms. The fraction of sp³-hybridized carbons (Fsp3) is 0.100. The van der Waals surface area contributed by atoms with Crippen LogP contribution in [0.2, 0.25) is 0 Å². The molecule has 0 bridgehead atoms. The maximum absolute atomic E-state index is 11.3. The van der Waals surface area contributed by atoms with Gasteiger partial charge in [-0.25, -0.2) is 9.59 Å². The minimum atomic E-state index is -0.814. The molecule has 0 heterocycles. The quantitative estimate of drug-likeness (QED) is 0.372. The molecule has 0 N–H and O–H groups in total. The van der Waals surface area contributed by atoms with Crippen LogP contribution in [0.25, 0.3) is 0 Å². The Kier molecular flexibility index (Phi) is 7.47. The van der Waals surface area contributed by atoms with Crippen molar-refractivity contribution >= 4 is 12.3 Å². The molecular weight excluding hydrogens is 352 g/mol. The monoisotopic (exact) mass is 370 g/mol. The molecule has 2 aromatic carbocycles. The van der Waals surface area contributed by atoms with Gasteiger partial charge in [-0.3, -0.25) is 0 Å². The van der Waals surface area contributed by atoms with E-state index in [2.05, 4.69) is 13.2 Å². The van der Waals surface area contributed by atoms with Crippen LogP contribution in [0.1, 0.15) is 0 Å². The predicted octanol–water partition coefficient (Wildman–Crippen LogP) is 4.88. The van der Waals surface area contributed by atoms with Gasteiger partial charge in [0.25, 0.3) is 0 Å². The highest BCUT2D eigenvalue weighted by atomic mass is 16.7. The smallest absolute Gasteiger partial charge is 0.457 e. The molecule has 0 fully saturated rings. The molecule has 0 aromatic heterocycles. The van der Waals surface area contributed by atoms with Crippen LogP contribution < -0.4 is 14.2 Å². The maximum atomic E-state index is 11.3. The largest absolute Gasteiger partial charge is 0.514 e. The highest BCUT2D eigenvalue weighted by molar-refractivity contribution is 5.64. The molecule has 140 valence electrons. The van der Waals surface area contributed by atoms with Crippen molar-refractivity contribution in [2.45, 2.75) is 0 Å². The van der Waals surface area contributed by atoms with Crippen LogP contribution in [0.3, 0.4) is 0 Å². The molecule has 0 saturated heterocycles. The Labute approximate surface area is 156 Å². The van der Waals surface area contributed by atoms with Crippen LogP contribution in [0.4, 0.5) is 9.59 Å². The molecule has 7 nitrogen and oxygen atoms in total. The topological polar surface area (TPSA) is 80.3 Å². The van der Waals surface area contributed by atoms with E-state index in [4.69, 9.17) is 23.7 Å². The van der Waals surface area contributed by atoms with Crippen molar-refractivity contribution < 1.29 is 33.3 Å². The summed E-state index contributed by atoms with van der Waals surface area (Å²) in [6, 6.07) is 12.8. The van der Waals surface area contributed by atoms with Crippen molar-refractivity contribution in [3.05, 3.63) is 73.8 Å². The van der Waals surface area contributed by atoms with E-state index in [-0.39, 0.29) is 13.2 Å². The van der Waals surface area contributed by atoms with Crippen molar-refractivity contribution in [1.29, 1.82) is 0 Å². The molecule has 27 heavy (non-hydrogen) atoms. The number of hydrogen-bond acceptors (Lipinski definition) is 7. The number of ether oxygens (including phenoxy) is 5. The zero-order valence-electron chi connectivity index (χ0n) is 14.5. The third-order valence-electron chi connectivity index (χ3n) is 2.92. The van der Waals surface area contributed by atoms with E-state index in [0.717, 1.165) is 0 Å². The van der Waals surface area contributed by atoms with Gasteiger partial charge in [-0.1, -0.05) is 25.3 Å². The average molecular weight is 370 g/mol. The lowest BCUT2D eigenvalue weighted by Crippen LogP contribution is -2.10. The van der Waals surface area contributed by atoms with E-state index in [1.54, 1.807) is 48.5 Å². The summed E-state index contributed by atoms with van der Waals surface area (Å²) >= 11 is 0. The van der Waals surface area contributed by atoms with Gasteiger partial charge in [-0.05, 0) is 48.5 Å². The fourth-order valence-corrected chi connectivity index (χ4v) is 1.79. The number of benzene rings is 2. The summed E-state index contributed by atoms with van der Waals surface area (Å²) in [6.45, 7) is 7.03. The number of carbonyl (C=O) groups is 2. The zero-order valence-corrected chi connectivity index (χ0v) is 14.5. The maximum Gasteiger partial charge on any atom is 0.514 e.